The number of carbonyl (C=O) groups excluding carboxylic acids is 4. The summed E-state index contributed by atoms with van der Waals surface area (Å²) in [7, 11) is 3.20. The van der Waals surface area contributed by atoms with Gasteiger partial charge in [0.1, 0.15) is 55.2 Å². The van der Waals surface area contributed by atoms with Crippen molar-refractivity contribution in [3.8, 4) is 79.0 Å². The lowest BCUT2D eigenvalue weighted by molar-refractivity contribution is -0.133. The Bertz CT molecular complexity index is 6430. The molecule has 131 heavy (non-hydrogen) atoms. The third-order valence-corrected chi connectivity index (χ3v) is 23.7. The minimum absolute atomic E-state index is 0.0218. The van der Waals surface area contributed by atoms with Gasteiger partial charge in [-0.1, -0.05) is 147 Å². The number of aryl methyl sites for hydroxylation is 8. The molecule has 1 fully saturated rings. The number of rotatable bonds is 23. The van der Waals surface area contributed by atoms with Gasteiger partial charge in [0.2, 0.25) is 35.4 Å². The number of hydrogen-bond acceptors (Lipinski definition) is 18. The maximum Gasteiger partial charge on any atom is 0.244 e. The number of benzene rings is 6. The molecule has 28 heteroatoms. The van der Waals surface area contributed by atoms with Crippen LogP contribution in [0.5, 0.6) is 11.5 Å². The van der Waals surface area contributed by atoms with Gasteiger partial charge in [-0.25, -0.2) is 38.7 Å². The van der Waals surface area contributed by atoms with Crippen LogP contribution in [-0.2, 0) is 58.2 Å². The predicted octanol–water partition coefficient (Wildman–Crippen LogP) is 18.1. The van der Waals surface area contributed by atoms with E-state index in [1.54, 1.807) is 98.9 Å². The van der Waals surface area contributed by atoms with Gasteiger partial charge < -0.3 is 37.9 Å². The molecule has 14 aromatic rings. The molecule has 4 aliphatic rings. The van der Waals surface area contributed by atoms with Gasteiger partial charge in [-0.05, 0) is 187 Å². The van der Waals surface area contributed by atoms with Crippen LogP contribution in [-0.4, -0.2) is 179 Å². The number of methoxy groups -OCH3 is 2. The smallest absolute Gasteiger partial charge is 0.244 e. The van der Waals surface area contributed by atoms with Crippen molar-refractivity contribution in [1.29, 1.82) is 0 Å². The largest absolute Gasteiger partial charge is 0.494 e. The Kier molecular flexibility index (Phi) is 29.5. The Balaban J connectivity index is 0.000000134. The number of amides is 4. The van der Waals surface area contributed by atoms with Gasteiger partial charge in [0.25, 0.3) is 0 Å². The summed E-state index contributed by atoms with van der Waals surface area (Å²) in [6, 6.07) is 54.8. The van der Waals surface area contributed by atoms with Crippen molar-refractivity contribution in [1.82, 2.24) is 88.6 Å². The zero-order valence-corrected chi connectivity index (χ0v) is 75.7. The maximum absolute atomic E-state index is 13.6. The normalized spacial score (nSPS) is 13.9. The van der Waals surface area contributed by atoms with E-state index in [1.807, 2.05) is 141 Å². The molecule has 0 aliphatic carbocycles. The lowest BCUT2D eigenvalue weighted by Crippen LogP contribution is -2.40. The molecule has 12 heterocycles. The Morgan fingerprint density at radius 3 is 1.18 bits per heavy atom. The Labute approximate surface area is 761 Å². The van der Waals surface area contributed by atoms with Gasteiger partial charge in [-0.2, -0.15) is 20.4 Å². The molecule has 6 aromatic carbocycles. The van der Waals surface area contributed by atoms with Crippen molar-refractivity contribution in [2.45, 2.75) is 139 Å². The molecule has 0 bridgehead atoms. The minimum atomic E-state index is -0.235. The first-order valence-electron chi connectivity index (χ1n) is 44.4. The van der Waals surface area contributed by atoms with Crippen LogP contribution in [0.2, 0.25) is 0 Å². The fourth-order valence-electron chi connectivity index (χ4n) is 16.3. The highest BCUT2D eigenvalue weighted by Gasteiger charge is 2.30. The van der Waals surface area contributed by atoms with E-state index < -0.39 is 0 Å². The molecule has 8 aromatic heterocycles. The molecular weight excluding hydrogens is 1660 g/mol. The number of aromatic nitrogens is 14. The summed E-state index contributed by atoms with van der Waals surface area (Å²) >= 11 is 0. The molecule has 0 radical (unpaired) electrons. The first-order valence-corrected chi connectivity index (χ1v) is 44.4. The number of hydrogen-bond donors (Lipinski definition) is 0. The lowest BCUT2D eigenvalue weighted by Gasteiger charge is -2.31. The average Bonchev–Trinajstić information content (AvgIpc) is 1.66. The predicted molar refractivity (Wildman–Crippen MR) is 499 cm³/mol. The molecular formula is C103H108F2N18O8. The SMILES string of the molecule is CCCc1cc(-c2ccc(F)c(C)c2)nn1CC(=O)N1CC=C(c2ncc(C)o2)CC1.CCc1cc(-c2ccc(F)c(C)c2)nn1CC(=O)N1CC=C(c2ncc(C)o2)CC1.COc1cnc(C2=CCN(C(=O)Cn3nc(-c4cccc(C)c4)cc3-c3ccccc3)CC2)nc1.COc1cnc(C2CCN(C(=O)Cn3nc(-c4cccc(C)c4)cc3-c3ccccc3)CC2)nc1. The van der Waals surface area contributed by atoms with Crippen molar-refractivity contribution in [2.75, 3.05) is 66.6 Å². The van der Waals surface area contributed by atoms with Gasteiger partial charge in [-0.3, -0.25) is 37.9 Å². The second-order valence-corrected chi connectivity index (χ2v) is 33.1. The monoisotopic (exact) mass is 1760 g/mol. The molecule has 4 amide bonds. The van der Waals surface area contributed by atoms with E-state index in [4.69, 9.17) is 28.5 Å². The summed E-state index contributed by atoms with van der Waals surface area (Å²) in [4.78, 5) is 86.0. The van der Waals surface area contributed by atoms with E-state index >= 15 is 0 Å². The van der Waals surface area contributed by atoms with Gasteiger partial charge in [-0.15, -0.1) is 0 Å². The van der Waals surface area contributed by atoms with Crippen molar-refractivity contribution < 1.29 is 46.3 Å². The first-order chi connectivity index (χ1) is 63.6. The molecule has 0 N–H and O–H groups in total. The zero-order chi connectivity index (χ0) is 91.6. The number of ether oxygens (including phenoxy) is 2. The van der Waals surface area contributed by atoms with Gasteiger partial charge in [0.15, 0.2) is 17.3 Å². The molecule has 1 saturated heterocycles. The van der Waals surface area contributed by atoms with Crippen LogP contribution in [0.15, 0.2) is 234 Å². The standard InChI is InChI=1S/C28H29N5O2.C28H27N5O2.C24H27FN4O2.C23H25FN4O2/c2*1-20-7-6-10-23(15-20)25-16-26(21-8-4-3-5-9-21)33(31-25)19-27(34)32-13-11-22(12-14-32)28-29-17-24(35-2)18-30-28;1-4-5-20-13-22(19-6-7-21(25)16(2)12-19)27-29(20)15-23(30)28-10-8-18(9-11-28)24-26-14-17(3)31-24;1-4-19-12-21(18-5-6-20(24)15(2)11-18)26-28(19)14-22(29)27-9-7-17(8-10-27)23-25-13-16(3)30-23/h3-10,15-18,22H,11-14,19H2,1-2H3;3-11,15-18H,12-14,19H2,1-2H3;6-8,12-14H,4-5,9-11,15H2,1-3H3;5-7,11-13H,4,8-10,14H2,1-3H3. The van der Waals surface area contributed by atoms with Gasteiger partial charge in [0.05, 0.1) is 85.6 Å². The Morgan fingerprint density at radius 1 is 0.397 bits per heavy atom. The van der Waals surface area contributed by atoms with Crippen LogP contribution < -0.4 is 9.47 Å². The van der Waals surface area contributed by atoms with Crippen LogP contribution in [0.4, 0.5) is 8.78 Å². The highest BCUT2D eigenvalue weighted by atomic mass is 19.1. The summed E-state index contributed by atoms with van der Waals surface area (Å²) in [5.74, 6) is 5.57. The molecule has 26 nitrogen and oxygen atoms in total. The second-order valence-electron chi connectivity index (χ2n) is 33.1. The van der Waals surface area contributed by atoms with Crippen LogP contribution in [0.1, 0.15) is 127 Å². The van der Waals surface area contributed by atoms with Crippen LogP contribution >= 0.6 is 0 Å². The van der Waals surface area contributed by atoms with Gasteiger partial charge >= 0.3 is 0 Å². The number of likely N-dealkylation sites (tertiary alicyclic amines) is 1. The summed E-state index contributed by atoms with van der Waals surface area (Å²) in [6.07, 6.45) is 22.5. The van der Waals surface area contributed by atoms with E-state index in [0.717, 1.165) is 145 Å². The number of carbonyl (C=O) groups is 4. The second kappa shape index (κ2) is 42.5. The van der Waals surface area contributed by atoms with Crippen LogP contribution in [0.3, 0.4) is 0 Å². The minimum Gasteiger partial charge on any atom is -0.494 e. The van der Waals surface area contributed by atoms with E-state index in [1.165, 1.54) is 23.3 Å². The molecule has 0 atom stereocenters. The van der Waals surface area contributed by atoms with E-state index in [2.05, 4.69) is 122 Å². The zero-order valence-electron chi connectivity index (χ0n) is 75.7. The van der Waals surface area contributed by atoms with Crippen molar-refractivity contribution >= 4 is 40.3 Å². The number of nitrogens with zero attached hydrogens (tertiary/aromatic N) is 18. The summed E-state index contributed by atoms with van der Waals surface area (Å²) in [6.45, 7) is 21.1. The first kappa shape index (κ1) is 91.1. The Hall–Kier alpha value is -14.7. The molecule has 18 rings (SSSR count). The molecule has 0 saturated carbocycles. The summed E-state index contributed by atoms with van der Waals surface area (Å²) in [5.41, 5.74) is 19.6. The lowest BCUT2D eigenvalue weighted by atomic mass is 9.96. The Morgan fingerprint density at radius 2 is 0.786 bits per heavy atom. The third-order valence-electron chi connectivity index (χ3n) is 23.7. The average molecular weight is 1760 g/mol. The molecule has 672 valence electrons. The van der Waals surface area contributed by atoms with Gasteiger partial charge in [0, 0.05) is 103 Å². The van der Waals surface area contributed by atoms with Crippen molar-refractivity contribution in [2.24, 2.45) is 0 Å². The number of piperidine rings is 1. The maximum atomic E-state index is 13.6. The third kappa shape index (κ3) is 22.9. The summed E-state index contributed by atoms with van der Waals surface area (Å²) in [5, 5.41) is 19.0. The highest BCUT2D eigenvalue weighted by Crippen LogP contribution is 2.34. The molecule has 4 aliphatic heterocycles. The summed E-state index contributed by atoms with van der Waals surface area (Å²) < 4.78 is 55.9. The van der Waals surface area contributed by atoms with E-state index in [9.17, 15) is 28.0 Å². The molecule has 0 spiro atoms. The molecule has 0 unspecified atom stereocenters. The van der Waals surface area contributed by atoms with Crippen LogP contribution in [0.25, 0.3) is 84.3 Å². The number of oxazole rings is 2. The van der Waals surface area contributed by atoms with E-state index in [-0.39, 0.29) is 67.4 Å². The van der Waals surface area contributed by atoms with Crippen molar-refractivity contribution in [3.63, 3.8) is 0 Å². The number of halogens is 2. The fourth-order valence-corrected chi connectivity index (χ4v) is 16.3. The topological polar surface area (TPSA) is 275 Å². The van der Waals surface area contributed by atoms with Crippen molar-refractivity contribution in [3.05, 3.63) is 305 Å². The fraction of sp³-hybridized carbons (Fsp3) is 0.301. The quantitative estimate of drug-likeness (QED) is 0.0575. The van der Waals surface area contributed by atoms with Crippen LogP contribution in [0, 0.1) is 53.2 Å². The van der Waals surface area contributed by atoms with E-state index in [0.29, 0.717) is 112 Å². The highest BCUT2D eigenvalue weighted by molar-refractivity contribution is 5.82.